The van der Waals surface area contributed by atoms with E-state index in [0.717, 1.165) is 0 Å². The first kappa shape index (κ1) is 32.8. The Hall–Kier alpha value is -3.38. The highest BCUT2D eigenvalue weighted by atomic mass is 14.3. The molecule has 0 bridgehead atoms. The maximum atomic E-state index is 2.37. The van der Waals surface area contributed by atoms with E-state index < -0.39 is 0 Å². The van der Waals surface area contributed by atoms with Crippen LogP contribution in [0.5, 0.6) is 0 Å². The molecular weight excluding hydrogens is 480 g/mol. The predicted molar refractivity (Wildman–Crippen MR) is 182 cm³/mol. The molecule has 1 aromatic rings. The van der Waals surface area contributed by atoms with Crippen LogP contribution in [0, 0.1) is 26.2 Å². The minimum Gasteiger partial charge on any atom is -0.0696 e. The maximum Gasteiger partial charge on any atom is -0.0104 e. The van der Waals surface area contributed by atoms with E-state index in [1.165, 1.54) is 69.4 Å². The van der Waals surface area contributed by atoms with Crippen molar-refractivity contribution in [3.63, 3.8) is 0 Å². The van der Waals surface area contributed by atoms with Crippen LogP contribution < -0.4 is 0 Å². The van der Waals surface area contributed by atoms with Crippen molar-refractivity contribution < 1.29 is 0 Å². The van der Waals surface area contributed by atoms with Crippen LogP contribution in [0.2, 0.25) is 0 Å². The molecule has 1 aliphatic carbocycles. The fourth-order valence-corrected chi connectivity index (χ4v) is 5.01. The Balaban J connectivity index is 1.90. The van der Waals surface area contributed by atoms with Gasteiger partial charge in [-0.2, -0.15) is 0 Å². The predicted octanol–water partition coefficient (Wildman–Crippen LogP) is 12.2. The van der Waals surface area contributed by atoms with Crippen molar-refractivity contribution in [3.05, 3.63) is 147 Å². The first-order valence-electron chi connectivity index (χ1n) is 14.8. The van der Waals surface area contributed by atoms with Crippen molar-refractivity contribution in [2.75, 3.05) is 0 Å². The molecule has 0 heteroatoms. The minimum atomic E-state index is 0.288. The van der Waals surface area contributed by atoms with Gasteiger partial charge in [0.15, 0.2) is 0 Å². The summed E-state index contributed by atoms with van der Waals surface area (Å²) < 4.78 is 0. The van der Waals surface area contributed by atoms with E-state index in [1.54, 1.807) is 5.57 Å². The van der Waals surface area contributed by atoms with E-state index in [9.17, 15) is 0 Å². The Morgan fingerprint density at radius 1 is 0.625 bits per heavy atom. The molecule has 0 spiro atoms. The SMILES string of the molecule is CC1=C(/C=C/C(C)=C/C=C/C(C)=C/C=C/C=C(C)/C=C/C=C(C)/C=C/c2c(C)ccc(C)c2C)C(C)(C)CCC1. The van der Waals surface area contributed by atoms with Crippen molar-refractivity contribution in [1.82, 2.24) is 0 Å². The Bertz CT molecular complexity index is 1330. The lowest BCUT2D eigenvalue weighted by Gasteiger charge is -2.32. The van der Waals surface area contributed by atoms with Crippen molar-refractivity contribution in [3.8, 4) is 0 Å². The Morgan fingerprint density at radius 3 is 1.65 bits per heavy atom. The largest absolute Gasteiger partial charge is 0.0696 e. The van der Waals surface area contributed by atoms with E-state index in [0.29, 0.717) is 0 Å². The van der Waals surface area contributed by atoms with E-state index in [-0.39, 0.29) is 5.41 Å². The van der Waals surface area contributed by atoms with E-state index in [4.69, 9.17) is 0 Å². The van der Waals surface area contributed by atoms with Gasteiger partial charge in [0.05, 0.1) is 0 Å². The Kier molecular flexibility index (Phi) is 13.1. The molecule has 0 unspecified atom stereocenters. The monoisotopic (exact) mass is 532 g/mol. The van der Waals surface area contributed by atoms with Crippen LogP contribution >= 0.6 is 0 Å². The van der Waals surface area contributed by atoms with Crippen LogP contribution in [0.3, 0.4) is 0 Å². The highest BCUT2D eigenvalue weighted by molar-refractivity contribution is 5.61. The molecule has 0 amide bonds. The topological polar surface area (TPSA) is 0 Å². The third kappa shape index (κ3) is 11.0. The molecule has 212 valence electrons. The summed E-state index contributed by atoms with van der Waals surface area (Å²) in [6.45, 7) is 22.2. The molecule has 0 saturated carbocycles. The van der Waals surface area contributed by atoms with E-state index >= 15 is 0 Å². The lowest BCUT2D eigenvalue weighted by molar-refractivity contribution is 0.377. The van der Waals surface area contributed by atoms with Gasteiger partial charge < -0.3 is 0 Å². The van der Waals surface area contributed by atoms with Gasteiger partial charge in [0, 0.05) is 0 Å². The van der Waals surface area contributed by atoms with Crippen LogP contribution in [0.1, 0.15) is 90.0 Å². The van der Waals surface area contributed by atoms with Gasteiger partial charge in [-0.1, -0.05) is 139 Å². The lowest BCUT2D eigenvalue weighted by Crippen LogP contribution is -2.19. The first-order valence-corrected chi connectivity index (χ1v) is 14.8. The van der Waals surface area contributed by atoms with Gasteiger partial charge in [0.1, 0.15) is 0 Å². The molecule has 2 rings (SSSR count). The van der Waals surface area contributed by atoms with Crippen molar-refractivity contribution in [1.29, 1.82) is 0 Å². The van der Waals surface area contributed by atoms with Crippen LogP contribution in [-0.4, -0.2) is 0 Å². The average molecular weight is 533 g/mol. The summed E-state index contributed by atoms with van der Waals surface area (Å²) in [5, 5.41) is 0. The zero-order chi connectivity index (χ0) is 29.7. The number of rotatable bonds is 10. The van der Waals surface area contributed by atoms with E-state index in [2.05, 4.69) is 166 Å². The second-order valence-corrected chi connectivity index (χ2v) is 12.1. The number of benzene rings is 1. The van der Waals surface area contributed by atoms with Crippen LogP contribution in [0.15, 0.2) is 125 Å². The molecule has 1 aromatic carbocycles. The molecule has 0 radical (unpaired) electrons. The molecular formula is C40H52. The first-order chi connectivity index (χ1) is 18.9. The average Bonchev–Trinajstić information content (AvgIpc) is 2.88. The van der Waals surface area contributed by atoms with Gasteiger partial charge in [-0.25, -0.2) is 0 Å². The second kappa shape index (κ2) is 16.0. The summed E-state index contributed by atoms with van der Waals surface area (Å²) in [5.74, 6) is 0. The van der Waals surface area contributed by atoms with Crippen molar-refractivity contribution in [2.45, 2.75) is 88.5 Å². The lowest BCUT2D eigenvalue weighted by atomic mass is 9.72. The molecule has 0 aliphatic heterocycles. The highest BCUT2D eigenvalue weighted by Gasteiger charge is 2.26. The number of hydrogen-bond donors (Lipinski definition) is 0. The van der Waals surface area contributed by atoms with Crippen molar-refractivity contribution in [2.24, 2.45) is 5.41 Å². The maximum absolute atomic E-state index is 2.37. The number of hydrogen-bond acceptors (Lipinski definition) is 0. The van der Waals surface area contributed by atoms with E-state index in [1.807, 2.05) is 0 Å². The third-order valence-electron chi connectivity index (χ3n) is 7.84. The smallest absolute Gasteiger partial charge is 0.0104 e. The molecule has 0 heterocycles. The third-order valence-corrected chi connectivity index (χ3v) is 7.84. The molecule has 1 aliphatic rings. The summed E-state index contributed by atoms with van der Waals surface area (Å²) >= 11 is 0. The quantitative estimate of drug-likeness (QED) is 0.263. The zero-order valence-electron chi connectivity index (χ0n) is 26.9. The fourth-order valence-electron chi connectivity index (χ4n) is 5.01. The van der Waals surface area contributed by atoms with Crippen LogP contribution in [0.25, 0.3) is 6.08 Å². The summed E-state index contributed by atoms with van der Waals surface area (Å²) in [7, 11) is 0. The molecule has 0 fully saturated rings. The van der Waals surface area contributed by atoms with Crippen LogP contribution in [0.4, 0.5) is 0 Å². The molecule has 0 atom stereocenters. The fraction of sp³-hybridized carbons (Fsp3) is 0.350. The van der Waals surface area contributed by atoms with Gasteiger partial charge >= 0.3 is 0 Å². The zero-order valence-corrected chi connectivity index (χ0v) is 26.9. The summed E-state index contributed by atoms with van der Waals surface area (Å²) in [6.07, 6.45) is 34.2. The van der Waals surface area contributed by atoms with Gasteiger partial charge in [-0.05, 0) is 108 Å². The van der Waals surface area contributed by atoms with Gasteiger partial charge in [-0.3, -0.25) is 0 Å². The molecule has 0 saturated heterocycles. The van der Waals surface area contributed by atoms with Gasteiger partial charge in [-0.15, -0.1) is 0 Å². The van der Waals surface area contributed by atoms with Crippen LogP contribution in [-0.2, 0) is 0 Å². The van der Waals surface area contributed by atoms with Gasteiger partial charge in [0.25, 0.3) is 0 Å². The normalized spacial score (nSPS) is 18.1. The summed E-state index contributed by atoms with van der Waals surface area (Å²) in [4.78, 5) is 0. The molecule has 0 nitrogen and oxygen atoms in total. The number of allylic oxidation sites excluding steroid dienone is 19. The Labute approximate surface area is 246 Å². The molecule has 40 heavy (non-hydrogen) atoms. The second-order valence-electron chi connectivity index (χ2n) is 12.1. The standard InChI is InChI=1S/C40H52/c1-30(18-13-20-32(3)23-27-38-35(6)26-25-34(5)37(38)8)16-11-12-17-31(2)19-14-21-33(4)24-28-39-36(7)22-15-29-40(39,9)10/h11-14,16-21,23-28H,15,22,29H2,1-10H3/b12-11+,18-13+,19-14+,27-23+,28-24+,30-16+,31-17+,32-20+,33-21+. The van der Waals surface area contributed by atoms with Gasteiger partial charge in [0.2, 0.25) is 0 Å². The summed E-state index contributed by atoms with van der Waals surface area (Å²) in [5.41, 5.74) is 13.6. The molecule has 0 aromatic heterocycles. The number of aryl methyl sites for hydroxylation is 2. The Morgan fingerprint density at radius 2 is 1.10 bits per heavy atom. The van der Waals surface area contributed by atoms with Crippen molar-refractivity contribution >= 4 is 6.08 Å². The molecule has 0 N–H and O–H groups in total. The summed E-state index contributed by atoms with van der Waals surface area (Å²) in [6, 6.07) is 4.39. The highest BCUT2D eigenvalue weighted by Crippen LogP contribution is 2.40. The minimum absolute atomic E-state index is 0.288.